The van der Waals surface area contributed by atoms with Crippen molar-refractivity contribution in [3.05, 3.63) is 50.2 Å². The first-order valence-electron chi connectivity index (χ1n) is 7.13. The van der Waals surface area contributed by atoms with Gasteiger partial charge >= 0.3 is 0 Å². The lowest BCUT2D eigenvalue weighted by Crippen LogP contribution is -2.21. The van der Waals surface area contributed by atoms with E-state index in [1.807, 2.05) is 18.7 Å². The van der Waals surface area contributed by atoms with Crippen LogP contribution >= 0.6 is 27.5 Å². The van der Waals surface area contributed by atoms with Crippen molar-refractivity contribution in [3.63, 3.8) is 0 Å². The van der Waals surface area contributed by atoms with Gasteiger partial charge in [-0.25, -0.2) is 0 Å². The normalized spacial score (nSPS) is 12.7. The molecule has 1 aromatic heterocycles. The van der Waals surface area contributed by atoms with Crippen LogP contribution in [0, 0.1) is 13.8 Å². The molecule has 0 aliphatic carbocycles. The molecule has 2 aromatic rings. The van der Waals surface area contributed by atoms with Crippen LogP contribution in [0.3, 0.4) is 0 Å². The van der Waals surface area contributed by atoms with E-state index in [-0.39, 0.29) is 6.04 Å². The minimum atomic E-state index is 0.210. The first kappa shape index (κ1) is 16.5. The highest BCUT2D eigenvalue weighted by Crippen LogP contribution is 2.29. The number of rotatable bonds is 5. The first-order valence-corrected chi connectivity index (χ1v) is 8.30. The number of aryl methyl sites for hydroxylation is 2. The van der Waals surface area contributed by atoms with Crippen LogP contribution < -0.4 is 5.32 Å². The smallest absolute Gasteiger partial charge is 0.0847 e. The van der Waals surface area contributed by atoms with E-state index in [0.29, 0.717) is 0 Å². The fraction of sp³-hybridized carbons (Fsp3) is 0.438. The van der Waals surface area contributed by atoms with Gasteiger partial charge in [0.05, 0.1) is 16.4 Å². The van der Waals surface area contributed by atoms with Gasteiger partial charge in [-0.3, -0.25) is 4.68 Å². The fourth-order valence-electron chi connectivity index (χ4n) is 2.63. The summed E-state index contributed by atoms with van der Waals surface area (Å²) in [6, 6.07) is 6.51. The number of hydrogen-bond acceptors (Lipinski definition) is 2. The van der Waals surface area contributed by atoms with Crippen LogP contribution in [-0.4, -0.2) is 16.8 Å². The molecule has 0 amide bonds. The number of halogens is 2. The molecule has 114 valence electrons. The predicted octanol–water partition coefficient (Wildman–Crippen LogP) is 4.44. The van der Waals surface area contributed by atoms with Gasteiger partial charge in [-0.1, -0.05) is 39.7 Å². The summed E-state index contributed by atoms with van der Waals surface area (Å²) in [4.78, 5) is 0. The largest absolute Gasteiger partial charge is 0.313 e. The second kappa shape index (κ2) is 6.95. The van der Waals surface area contributed by atoms with Crippen molar-refractivity contribution in [2.75, 3.05) is 7.05 Å². The van der Waals surface area contributed by atoms with E-state index >= 15 is 0 Å². The molecule has 1 heterocycles. The van der Waals surface area contributed by atoms with Gasteiger partial charge in [0.15, 0.2) is 0 Å². The van der Waals surface area contributed by atoms with E-state index in [0.717, 1.165) is 33.8 Å². The molecule has 0 aliphatic heterocycles. The quantitative estimate of drug-likeness (QED) is 0.843. The fourth-order valence-corrected chi connectivity index (χ4v) is 3.22. The van der Waals surface area contributed by atoms with Crippen LogP contribution in [0.1, 0.15) is 35.5 Å². The van der Waals surface area contributed by atoms with Crippen LogP contribution in [-0.2, 0) is 13.0 Å². The number of nitrogens with one attached hydrogen (secondary N) is 1. The summed E-state index contributed by atoms with van der Waals surface area (Å²) in [6.07, 6.45) is 0.821. The summed E-state index contributed by atoms with van der Waals surface area (Å²) < 4.78 is 3.13. The maximum atomic E-state index is 6.43. The van der Waals surface area contributed by atoms with E-state index in [9.17, 15) is 0 Å². The van der Waals surface area contributed by atoms with E-state index in [1.165, 1.54) is 11.1 Å². The zero-order chi connectivity index (χ0) is 15.6. The molecule has 21 heavy (non-hydrogen) atoms. The second-order valence-electron chi connectivity index (χ2n) is 5.16. The van der Waals surface area contributed by atoms with Gasteiger partial charge in [-0.2, -0.15) is 5.10 Å². The third kappa shape index (κ3) is 3.33. The lowest BCUT2D eigenvalue weighted by atomic mass is 9.97. The topological polar surface area (TPSA) is 29.9 Å². The summed E-state index contributed by atoms with van der Waals surface area (Å²) in [7, 11) is 1.98. The Kier molecular flexibility index (Phi) is 5.47. The van der Waals surface area contributed by atoms with E-state index in [1.54, 1.807) is 0 Å². The summed E-state index contributed by atoms with van der Waals surface area (Å²) in [5.74, 6) is 0. The number of hydrogen-bond donors (Lipinski definition) is 1. The average Bonchev–Trinajstić information content (AvgIpc) is 2.75. The third-order valence-corrected chi connectivity index (χ3v) is 5.23. The Bertz CT molecular complexity index is 637. The van der Waals surface area contributed by atoms with Gasteiger partial charge in [0.2, 0.25) is 0 Å². The molecule has 1 N–H and O–H groups in total. The monoisotopic (exact) mass is 369 g/mol. The molecule has 0 radical (unpaired) electrons. The Balaban J connectivity index is 2.38. The minimum absolute atomic E-state index is 0.210. The van der Waals surface area contributed by atoms with Crippen molar-refractivity contribution >= 4 is 27.5 Å². The Hall–Kier alpha value is -0.840. The van der Waals surface area contributed by atoms with Gasteiger partial charge in [0.25, 0.3) is 0 Å². The molecule has 0 saturated heterocycles. The van der Waals surface area contributed by atoms with Crippen LogP contribution in [0.2, 0.25) is 5.02 Å². The van der Waals surface area contributed by atoms with E-state index in [2.05, 4.69) is 58.4 Å². The maximum Gasteiger partial charge on any atom is 0.0847 e. The average molecular weight is 371 g/mol. The molecule has 3 nitrogen and oxygen atoms in total. The van der Waals surface area contributed by atoms with Gasteiger partial charge in [0, 0.05) is 23.5 Å². The van der Waals surface area contributed by atoms with E-state index < -0.39 is 0 Å². The zero-order valence-electron chi connectivity index (χ0n) is 12.9. The number of nitrogens with zero attached hydrogens (tertiary/aromatic N) is 2. The SMILES string of the molecule is CCn1nc(C)c(Cl)c1CC(NC)c1cccc(Br)c1C. The third-order valence-electron chi connectivity index (χ3n) is 3.88. The molecule has 0 aliphatic rings. The lowest BCUT2D eigenvalue weighted by molar-refractivity contribution is 0.539. The molecular formula is C16H21BrClN3. The van der Waals surface area contributed by atoms with Crippen LogP contribution in [0.25, 0.3) is 0 Å². The van der Waals surface area contributed by atoms with Gasteiger partial charge in [-0.05, 0) is 45.0 Å². The molecule has 5 heteroatoms. The predicted molar refractivity (Wildman–Crippen MR) is 92.0 cm³/mol. The number of aromatic nitrogens is 2. The highest BCUT2D eigenvalue weighted by atomic mass is 79.9. The van der Waals surface area contributed by atoms with Crippen molar-refractivity contribution < 1.29 is 0 Å². The summed E-state index contributed by atoms with van der Waals surface area (Å²) in [5, 5.41) is 8.68. The maximum absolute atomic E-state index is 6.43. The van der Waals surface area contributed by atoms with Gasteiger partial charge in [0.1, 0.15) is 0 Å². The zero-order valence-corrected chi connectivity index (χ0v) is 15.2. The Morgan fingerprint density at radius 3 is 2.71 bits per heavy atom. The molecular weight excluding hydrogens is 350 g/mol. The molecule has 0 bridgehead atoms. The second-order valence-corrected chi connectivity index (χ2v) is 6.39. The molecule has 2 rings (SSSR count). The Labute approximate surface area is 139 Å². The molecule has 0 spiro atoms. The van der Waals surface area contributed by atoms with E-state index in [4.69, 9.17) is 11.6 Å². The minimum Gasteiger partial charge on any atom is -0.313 e. The molecule has 1 atom stereocenters. The van der Waals surface area contributed by atoms with Crippen molar-refractivity contribution in [3.8, 4) is 0 Å². The van der Waals surface area contributed by atoms with Crippen LogP contribution in [0.4, 0.5) is 0 Å². The van der Waals surface area contributed by atoms with Crippen molar-refractivity contribution in [2.24, 2.45) is 0 Å². The van der Waals surface area contributed by atoms with Crippen LogP contribution in [0.5, 0.6) is 0 Å². The standard InChI is InChI=1S/C16H21BrClN3/c1-5-21-15(16(18)11(3)20-21)9-14(19-4)12-7-6-8-13(17)10(12)2/h6-8,14,19H,5,9H2,1-4H3. The lowest BCUT2D eigenvalue weighted by Gasteiger charge is -2.20. The highest BCUT2D eigenvalue weighted by Gasteiger charge is 2.19. The summed E-state index contributed by atoms with van der Waals surface area (Å²) >= 11 is 10.0. The summed E-state index contributed by atoms with van der Waals surface area (Å²) in [6.45, 7) is 7.01. The molecule has 1 unspecified atom stereocenters. The van der Waals surface area contributed by atoms with Gasteiger partial charge in [-0.15, -0.1) is 0 Å². The molecule has 0 saturated carbocycles. The summed E-state index contributed by atoms with van der Waals surface area (Å²) in [5.41, 5.74) is 4.53. The molecule has 0 fully saturated rings. The highest BCUT2D eigenvalue weighted by molar-refractivity contribution is 9.10. The molecule has 1 aromatic carbocycles. The van der Waals surface area contributed by atoms with Crippen molar-refractivity contribution in [1.82, 2.24) is 15.1 Å². The van der Waals surface area contributed by atoms with Crippen molar-refractivity contribution in [1.29, 1.82) is 0 Å². The Morgan fingerprint density at radius 2 is 2.10 bits per heavy atom. The first-order chi connectivity index (χ1) is 9.99. The van der Waals surface area contributed by atoms with Gasteiger partial charge < -0.3 is 5.32 Å². The van der Waals surface area contributed by atoms with Crippen LogP contribution in [0.15, 0.2) is 22.7 Å². The van der Waals surface area contributed by atoms with Crippen molar-refractivity contribution in [2.45, 2.75) is 39.8 Å². The number of benzene rings is 1. The Morgan fingerprint density at radius 1 is 1.38 bits per heavy atom. The number of likely N-dealkylation sites (N-methyl/N-ethyl adjacent to an activating group) is 1.